The second kappa shape index (κ2) is 7.41. The molecular weight excluding hydrogens is 244 g/mol. The summed E-state index contributed by atoms with van der Waals surface area (Å²) in [6.07, 6.45) is 1.06. The summed E-state index contributed by atoms with van der Waals surface area (Å²) in [4.78, 5) is 24.9. The summed E-state index contributed by atoms with van der Waals surface area (Å²) in [7, 11) is 1.32. The van der Waals surface area contributed by atoms with Gasteiger partial charge in [0.25, 0.3) is 0 Å². The molecule has 0 aliphatic rings. The molecule has 1 rings (SSSR count). The van der Waals surface area contributed by atoms with Gasteiger partial charge < -0.3 is 15.4 Å². The van der Waals surface area contributed by atoms with Gasteiger partial charge in [0.05, 0.1) is 13.5 Å². The van der Waals surface area contributed by atoms with Crippen LogP contribution in [0.3, 0.4) is 0 Å². The number of nitrogens with two attached hydrogens (primary N) is 1. The van der Waals surface area contributed by atoms with Crippen molar-refractivity contribution in [2.75, 3.05) is 25.9 Å². The first-order chi connectivity index (χ1) is 9.06. The zero-order valence-corrected chi connectivity index (χ0v) is 11.4. The normalized spacial score (nSPS) is 10.0. The molecule has 104 valence electrons. The summed E-state index contributed by atoms with van der Waals surface area (Å²) in [5, 5.41) is 0. The molecule has 5 heteroatoms. The van der Waals surface area contributed by atoms with Gasteiger partial charge in [0.2, 0.25) is 5.91 Å². The van der Waals surface area contributed by atoms with Gasteiger partial charge in [-0.1, -0.05) is 19.1 Å². The van der Waals surface area contributed by atoms with Crippen LogP contribution < -0.4 is 5.73 Å². The molecule has 0 saturated heterocycles. The maximum absolute atomic E-state index is 12.1. The van der Waals surface area contributed by atoms with Crippen LogP contribution in [-0.2, 0) is 20.7 Å². The molecule has 0 bridgehead atoms. The average molecular weight is 264 g/mol. The molecule has 0 fully saturated rings. The van der Waals surface area contributed by atoms with Crippen LogP contribution in [0.5, 0.6) is 0 Å². The molecule has 0 saturated carbocycles. The first kappa shape index (κ1) is 15.0. The zero-order chi connectivity index (χ0) is 14.3. The largest absolute Gasteiger partial charge is 0.468 e. The van der Waals surface area contributed by atoms with Gasteiger partial charge in [-0.25, -0.2) is 0 Å². The molecule has 1 amide bonds. The van der Waals surface area contributed by atoms with Gasteiger partial charge in [-0.3, -0.25) is 9.59 Å². The third kappa shape index (κ3) is 4.99. The maximum atomic E-state index is 12.1. The van der Waals surface area contributed by atoms with Gasteiger partial charge in [0.1, 0.15) is 6.54 Å². The fourth-order valence-corrected chi connectivity index (χ4v) is 1.70. The first-order valence-corrected chi connectivity index (χ1v) is 6.25. The van der Waals surface area contributed by atoms with Crippen LogP contribution in [0, 0.1) is 0 Å². The molecular formula is C14H20N2O3. The molecule has 5 nitrogen and oxygen atoms in total. The molecule has 19 heavy (non-hydrogen) atoms. The quantitative estimate of drug-likeness (QED) is 0.619. The second-order valence-electron chi connectivity index (χ2n) is 4.31. The molecule has 0 aromatic heterocycles. The van der Waals surface area contributed by atoms with E-state index < -0.39 is 5.97 Å². The Morgan fingerprint density at radius 1 is 1.26 bits per heavy atom. The summed E-state index contributed by atoms with van der Waals surface area (Å²) < 4.78 is 4.59. The number of amides is 1. The van der Waals surface area contributed by atoms with Gasteiger partial charge >= 0.3 is 5.97 Å². The number of nitrogen functional groups attached to an aromatic ring is 1. The number of benzene rings is 1. The minimum atomic E-state index is -0.404. The Morgan fingerprint density at radius 3 is 2.42 bits per heavy atom. The van der Waals surface area contributed by atoms with Gasteiger partial charge in [0, 0.05) is 12.2 Å². The molecule has 1 aromatic rings. The van der Waals surface area contributed by atoms with Gasteiger partial charge in [-0.15, -0.1) is 0 Å². The standard InChI is InChI=1S/C14H20N2O3/c1-3-8-16(10-14(18)19-2)13(17)9-11-4-6-12(15)7-5-11/h4-7H,3,8-10,15H2,1-2H3. The van der Waals surface area contributed by atoms with Gasteiger partial charge in [-0.2, -0.15) is 0 Å². The van der Waals surface area contributed by atoms with Crippen molar-refractivity contribution in [3.05, 3.63) is 29.8 Å². The van der Waals surface area contributed by atoms with Crippen molar-refractivity contribution in [1.29, 1.82) is 0 Å². The van der Waals surface area contributed by atoms with Crippen molar-refractivity contribution in [3.63, 3.8) is 0 Å². The predicted molar refractivity (Wildman–Crippen MR) is 73.4 cm³/mol. The Hall–Kier alpha value is -2.04. The Balaban J connectivity index is 2.65. The highest BCUT2D eigenvalue weighted by Crippen LogP contribution is 2.08. The molecule has 0 aliphatic carbocycles. The predicted octanol–water partition coefficient (Wildman–Crippen LogP) is 1.22. The van der Waals surface area contributed by atoms with Crippen molar-refractivity contribution < 1.29 is 14.3 Å². The number of carbonyl (C=O) groups is 2. The maximum Gasteiger partial charge on any atom is 0.325 e. The van der Waals surface area contributed by atoms with E-state index in [2.05, 4.69) is 4.74 Å². The number of esters is 1. The Kier molecular flexibility index (Phi) is 5.85. The van der Waals surface area contributed by atoms with E-state index in [4.69, 9.17) is 5.73 Å². The summed E-state index contributed by atoms with van der Waals surface area (Å²) >= 11 is 0. The van der Waals surface area contributed by atoms with E-state index in [0.29, 0.717) is 12.2 Å². The van der Waals surface area contributed by atoms with Crippen LogP contribution in [0.15, 0.2) is 24.3 Å². The number of anilines is 1. The van der Waals surface area contributed by atoms with Gasteiger partial charge in [0.15, 0.2) is 0 Å². The molecule has 0 aliphatic heterocycles. The summed E-state index contributed by atoms with van der Waals surface area (Å²) in [6, 6.07) is 7.14. The number of hydrogen-bond acceptors (Lipinski definition) is 4. The van der Waals surface area contributed by atoms with Crippen LogP contribution in [-0.4, -0.2) is 37.0 Å². The number of hydrogen-bond donors (Lipinski definition) is 1. The smallest absolute Gasteiger partial charge is 0.325 e. The van der Waals surface area contributed by atoms with Crippen molar-refractivity contribution in [2.24, 2.45) is 0 Å². The van der Waals surface area contributed by atoms with E-state index in [1.807, 2.05) is 19.1 Å². The molecule has 0 heterocycles. The van der Waals surface area contributed by atoms with Crippen molar-refractivity contribution >= 4 is 17.6 Å². The van der Waals surface area contributed by atoms with Crippen molar-refractivity contribution in [1.82, 2.24) is 4.90 Å². The summed E-state index contributed by atoms with van der Waals surface area (Å²) in [6.45, 7) is 2.50. The molecule has 0 atom stereocenters. The molecule has 2 N–H and O–H groups in total. The Bertz CT molecular complexity index is 429. The topological polar surface area (TPSA) is 72.6 Å². The highest BCUT2D eigenvalue weighted by Gasteiger charge is 2.16. The van der Waals surface area contributed by atoms with Crippen LogP contribution >= 0.6 is 0 Å². The Labute approximate surface area is 113 Å². The summed E-state index contributed by atoms with van der Waals surface area (Å²) in [5.41, 5.74) is 7.14. The van der Waals surface area contributed by atoms with E-state index in [0.717, 1.165) is 12.0 Å². The molecule has 0 unspecified atom stereocenters. The fraction of sp³-hybridized carbons (Fsp3) is 0.429. The highest BCUT2D eigenvalue weighted by atomic mass is 16.5. The van der Waals surface area contributed by atoms with Crippen molar-refractivity contribution in [2.45, 2.75) is 19.8 Å². The number of methoxy groups -OCH3 is 1. The second-order valence-corrected chi connectivity index (χ2v) is 4.31. The Morgan fingerprint density at radius 2 is 1.89 bits per heavy atom. The lowest BCUT2D eigenvalue weighted by molar-refractivity contribution is -0.146. The molecule has 0 spiro atoms. The first-order valence-electron chi connectivity index (χ1n) is 6.25. The zero-order valence-electron chi connectivity index (χ0n) is 11.4. The van der Waals surface area contributed by atoms with E-state index in [1.54, 1.807) is 12.1 Å². The van der Waals surface area contributed by atoms with Crippen LogP contribution in [0.2, 0.25) is 0 Å². The van der Waals surface area contributed by atoms with E-state index in [-0.39, 0.29) is 18.9 Å². The number of nitrogens with zero attached hydrogens (tertiary/aromatic N) is 1. The van der Waals surface area contributed by atoms with Gasteiger partial charge in [-0.05, 0) is 24.1 Å². The summed E-state index contributed by atoms with van der Waals surface area (Å²) in [5.74, 6) is -0.490. The van der Waals surface area contributed by atoms with Crippen LogP contribution in [0.1, 0.15) is 18.9 Å². The van der Waals surface area contributed by atoms with E-state index >= 15 is 0 Å². The number of ether oxygens (including phenoxy) is 1. The third-order valence-electron chi connectivity index (χ3n) is 2.73. The molecule has 0 radical (unpaired) electrons. The van der Waals surface area contributed by atoms with E-state index in [1.165, 1.54) is 12.0 Å². The number of rotatable bonds is 6. The SMILES string of the molecule is CCCN(CC(=O)OC)C(=O)Cc1ccc(N)cc1. The average Bonchev–Trinajstić information content (AvgIpc) is 2.40. The molecule has 1 aromatic carbocycles. The minimum Gasteiger partial charge on any atom is -0.468 e. The minimum absolute atomic E-state index is 0.00184. The van der Waals surface area contributed by atoms with Crippen LogP contribution in [0.4, 0.5) is 5.69 Å². The van der Waals surface area contributed by atoms with E-state index in [9.17, 15) is 9.59 Å². The lowest BCUT2D eigenvalue weighted by Gasteiger charge is -2.20. The highest BCUT2D eigenvalue weighted by molar-refractivity contribution is 5.83. The lowest BCUT2D eigenvalue weighted by Crippen LogP contribution is -2.37. The monoisotopic (exact) mass is 264 g/mol. The fourth-order valence-electron chi connectivity index (χ4n) is 1.70. The third-order valence-corrected chi connectivity index (χ3v) is 2.73. The van der Waals surface area contributed by atoms with Crippen molar-refractivity contribution in [3.8, 4) is 0 Å². The van der Waals surface area contributed by atoms with Crippen LogP contribution in [0.25, 0.3) is 0 Å². The lowest BCUT2D eigenvalue weighted by atomic mass is 10.1. The number of carbonyl (C=O) groups excluding carboxylic acids is 2.